The minimum atomic E-state index is -0.364. The SMILES string of the molecule is CCCCCCCCCCCCOc1ccc(COc2cc(C(=O)Nc3ccc(C#N)cc3)cc(OCc3ccc(OCCCCCCCCCCCC)cc3)c2OCc2ccc(OCCCCCCCCCCCC)cc2)cc1. The Hall–Kier alpha value is -6.14. The molecule has 0 unspecified atom stereocenters. The molecule has 436 valence electrons. The van der Waals surface area contributed by atoms with E-state index in [0.717, 1.165) is 53.2 Å². The number of hydrogen-bond donors (Lipinski definition) is 1. The van der Waals surface area contributed by atoms with E-state index in [2.05, 4.69) is 32.2 Å². The van der Waals surface area contributed by atoms with Crippen molar-refractivity contribution in [3.63, 3.8) is 0 Å². The summed E-state index contributed by atoms with van der Waals surface area (Å²) in [5.74, 6) is 3.23. The van der Waals surface area contributed by atoms with Crippen LogP contribution in [0, 0.1) is 11.3 Å². The van der Waals surface area contributed by atoms with Gasteiger partial charge in [0.15, 0.2) is 11.5 Å². The van der Waals surface area contributed by atoms with Crippen molar-refractivity contribution >= 4 is 11.6 Å². The first-order valence-electron chi connectivity index (χ1n) is 31.5. The molecule has 0 aliphatic heterocycles. The highest BCUT2D eigenvalue weighted by Gasteiger charge is 2.21. The molecule has 0 atom stereocenters. The van der Waals surface area contributed by atoms with Crippen molar-refractivity contribution in [2.24, 2.45) is 0 Å². The lowest BCUT2D eigenvalue weighted by Gasteiger charge is -2.19. The molecule has 0 aromatic heterocycles. The third kappa shape index (κ3) is 27.8. The quantitative estimate of drug-likeness (QED) is 0.0384. The molecule has 0 aliphatic carbocycles. The highest BCUT2D eigenvalue weighted by atomic mass is 16.5. The lowest BCUT2D eigenvalue weighted by molar-refractivity contribution is 0.102. The van der Waals surface area contributed by atoms with Gasteiger partial charge in [0.1, 0.15) is 37.1 Å². The van der Waals surface area contributed by atoms with Gasteiger partial charge in [-0.2, -0.15) is 5.26 Å². The molecule has 0 saturated carbocycles. The zero-order chi connectivity index (χ0) is 56.3. The highest BCUT2D eigenvalue weighted by molar-refractivity contribution is 6.05. The molecule has 0 heterocycles. The van der Waals surface area contributed by atoms with E-state index in [1.807, 2.05) is 72.8 Å². The Kier molecular flexibility index (Phi) is 33.8. The molecular formula is C71H100N2O7. The number of carbonyl (C=O) groups excluding carboxylic acids is 1. The number of ether oxygens (including phenoxy) is 6. The van der Waals surface area contributed by atoms with E-state index in [-0.39, 0.29) is 25.7 Å². The fourth-order valence-corrected chi connectivity index (χ4v) is 9.76. The van der Waals surface area contributed by atoms with Crippen LogP contribution in [-0.2, 0) is 19.8 Å². The van der Waals surface area contributed by atoms with Crippen molar-refractivity contribution < 1.29 is 33.2 Å². The number of hydrogen-bond acceptors (Lipinski definition) is 8. The van der Waals surface area contributed by atoms with E-state index in [1.165, 1.54) is 173 Å². The molecule has 0 saturated heterocycles. The van der Waals surface area contributed by atoms with Crippen LogP contribution in [0.15, 0.2) is 109 Å². The average Bonchev–Trinajstić information content (AvgIpc) is 3.50. The first-order valence-corrected chi connectivity index (χ1v) is 31.5. The monoisotopic (exact) mass is 1090 g/mol. The topological polar surface area (TPSA) is 108 Å². The summed E-state index contributed by atoms with van der Waals surface area (Å²) in [5.41, 5.74) is 4.19. The van der Waals surface area contributed by atoms with Gasteiger partial charge in [0, 0.05) is 11.3 Å². The van der Waals surface area contributed by atoms with Gasteiger partial charge in [-0.05, 0) is 109 Å². The Balaban J connectivity index is 1.25. The van der Waals surface area contributed by atoms with Gasteiger partial charge in [-0.15, -0.1) is 0 Å². The maximum Gasteiger partial charge on any atom is 0.255 e. The Labute approximate surface area is 483 Å². The predicted octanol–water partition coefficient (Wildman–Crippen LogP) is 20.4. The number of anilines is 1. The molecule has 0 spiro atoms. The van der Waals surface area contributed by atoms with E-state index < -0.39 is 0 Å². The molecule has 80 heavy (non-hydrogen) atoms. The minimum absolute atomic E-state index is 0.209. The summed E-state index contributed by atoms with van der Waals surface area (Å²) in [5, 5.41) is 12.4. The Bertz CT molecular complexity index is 2300. The molecule has 1 N–H and O–H groups in total. The van der Waals surface area contributed by atoms with Gasteiger partial charge in [-0.3, -0.25) is 4.79 Å². The number of nitriles is 1. The smallest absolute Gasteiger partial charge is 0.255 e. The van der Waals surface area contributed by atoms with Crippen LogP contribution < -0.4 is 33.7 Å². The standard InChI is InChI=1S/C71H100N2O7/c1-4-7-10-13-16-19-22-25-28-31-50-75-65-44-36-60(37-45-65)56-78-68-53-63(71(74)73-64-42-34-59(55-72)35-43-64)54-69(79-57-61-38-46-66(47-39-61)76-51-32-29-26-23-20-17-14-11-8-5-2)70(68)80-58-62-40-48-67(49-41-62)77-52-33-30-27-24-21-18-15-12-9-6-3/h34-49,53-54H,4-33,50-52,56-58H2,1-3H3,(H,73,74). The Morgan fingerprint density at radius 3 is 0.988 bits per heavy atom. The maximum atomic E-state index is 14.1. The molecule has 5 rings (SSSR count). The van der Waals surface area contributed by atoms with Crippen LogP contribution in [-0.4, -0.2) is 25.7 Å². The number of rotatable bonds is 47. The zero-order valence-electron chi connectivity index (χ0n) is 49.7. The second kappa shape index (κ2) is 41.8. The fourth-order valence-electron chi connectivity index (χ4n) is 9.76. The van der Waals surface area contributed by atoms with Crippen LogP contribution in [0.1, 0.15) is 246 Å². The van der Waals surface area contributed by atoms with Gasteiger partial charge < -0.3 is 33.7 Å². The Morgan fingerprint density at radius 2 is 0.675 bits per heavy atom. The first-order chi connectivity index (χ1) is 39.5. The predicted molar refractivity (Wildman–Crippen MR) is 330 cm³/mol. The van der Waals surface area contributed by atoms with Crippen LogP contribution in [0.2, 0.25) is 0 Å². The van der Waals surface area contributed by atoms with Gasteiger partial charge in [0.25, 0.3) is 5.91 Å². The van der Waals surface area contributed by atoms with Crippen molar-refractivity contribution in [3.8, 4) is 40.6 Å². The number of benzene rings is 5. The number of nitrogens with one attached hydrogen (secondary N) is 1. The van der Waals surface area contributed by atoms with Crippen LogP contribution in [0.5, 0.6) is 34.5 Å². The summed E-state index contributed by atoms with van der Waals surface area (Å²) in [6, 6.07) is 36.4. The molecule has 0 fully saturated rings. The second-order valence-corrected chi connectivity index (χ2v) is 21.8. The summed E-state index contributed by atoms with van der Waals surface area (Å²) in [4.78, 5) is 14.1. The summed E-state index contributed by atoms with van der Waals surface area (Å²) in [6.45, 7) is 9.53. The van der Waals surface area contributed by atoms with Crippen LogP contribution in [0.4, 0.5) is 5.69 Å². The van der Waals surface area contributed by atoms with E-state index in [1.54, 1.807) is 36.4 Å². The average molecular weight is 1090 g/mol. The lowest BCUT2D eigenvalue weighted by Crippen LogP contribution is -2.13. The Morgan fingerprint density at radius 1 is 0.375 bits per heavy atom. The van der Waals surface area contributed by atoms with Crippen molar-refractivity contribution in [1.82, 2.24) is 0 Å². The van der Waals surface area contributed by atoms with E-state index in [9.17, 15) is 10.1 Å². The van der Waals surface area contributed by atoms with Crippen molar-refractivity contribution in [2.45, 2.75) is 233 Å². The largest absolute Gasteiger partial charge is 0.494 e. The third-order valence-corrected chi connectivity index (χ3v) is 14.8. The van der Waals surface area contributed by atoms with Gasteiger partial charge in [-0.25, -0.2) is 0 Å². The highest BCUT2D eigenvalue weighted by Crippen LogP contribution is 2.41. The van der Waals surface area contributed by atoms with Gasteiger partial charge in [0.2, 0.25) is 5.75 Å². The second-order valence-electron chi connectivity index (χ2n) is 21.8. The summed E-state index contributed by atoms with van der Waals surface area (Å²) in [6.07, 6.45) is 38.6. The third-order valence-electron chi connectivity index (χ3n) is 14.8. The molecule has 1 amide bonds. The lowest BCUT2D eigenvalue weighted by atomic mass is 10.1. The van der Waals surface area contributed by atoms with Crippen molar-refractivity contribution in [1.29, 1.82) is 5.26 Å². The molecule has 0 bridgehead atoms. The molecule has 0 aliphatic rings. The number of carbonyl (C=O) groups is 1. The van der Waals surface area contributed by atoms with Crippen LogP contribution in [0.3, 0.4) is 0 Å². The van der Waals surface area contributed by atoms with Crippen molar-refractivity contribution in [2.75, 3.05) is 25.1 Å². The summed E-state index contributed by atoms with van der Waals surface area (Å²) in [7, 11) is 0. The first kappa shape index (κ1) is 64.7. The van der Waals surface area contributed by atoms with Gasteiger partial charge in [0.05, 0.1) is 31.5 Å². The fraction of sp³-hybridized carbons (Fsp3) is 0.549. The van der Waals surface area contributed by atoms with Gasteiger partial charge >= 0.3 is 0 Å². The number of amides is 1. The normalized spacial score (nSPS) is 11.0. The summed E-state index contributed by atoms with van der Waals surface area (Å²) >= 11 is 0. The minimum Gasteiger partial charge on any atom is -0.494 e. The zero-order valence-corrected chi connectivity index (χ0v) is 49.7. The molecule has 5 aromatic rings. The van der Waals surface area contributed by atoms with Crippen LogP contribution in [0.25, 0.3) is 0 Å². The molecule has 5 aromatic carbocycles. The maximum absolute atomic E-state index is 14.1. The number of nitrogens with zero attached hydrogens (tertiary/aromatic N) is 1. The van der Waals surface area contributed by atoms with E-state index in [4.69, 9.17) is 28.4 Å². The van der Waals surface area contributed by atoms with Crippen molar-refractivity contribution in [3.05, 3.63) is 137 Å². The van der Waals surface area contributed by atoms with Crippen LogP contribution >= 0.6 is 0 Å². The molecular weight excluding hydrogens is 993 g/mol. The molecule has 9 nitrogen and oxygen atoms in total. The molecule has 0 radical (unpaired) electrons. The van der Waals surface area contributed by atoms with E-state index >= 15 is 0 Å². The van der Waals surface area contributed by atoms with E-state index in [0.29, 0.717) is 53.9 Å². The summed E-state index contributed by atoms with van der Waals surface area (Å²) < 4.78 is 38.3. The van der Waals surface area contributed by atoms with Gasteiger partial charge in [-0.1, -0.05) is 231 Å². The molecule has 9 heteroatoms. The number of unbranched alkanes of at least 4 members (excludes halogenated alkanes) is 27.